The summed E-state index contributed by atoms with van der Waals surface area (Å²) in [7, 11) is 1.54. The van der Waals surface area contributed by atoms with E-state index in [0.29, 0.717) is 35.4 Å². The molecule has 0 saturated heterocycles. The molecule has 24 heavy (non-hydrogen) atoms. The summed E-state index contributed by atoms with van der Waals surface area (Å²) in [5.41, 5.74) is 0.659. The molecule has 0 spiro atoms. The van der Waals surface area contributed by atoms with Crippen molar-refractivity contribution in [3.05, 3.63) is 59.2 Å². The highest BCUT2D eigenvalue weighted by Crippen LogP contribution is 2.45. The van der Waals surface area contributed by atoms with E-state index in [1.54, 1.807) is 37.4 Å². The van der Waals surface area contributed by atoms with E-state index < -0.39 is 17.4 Å². The van der Waals surface area contributed by atoms with E-state index in [9.17, 15) is 14.7 Å². The van der Waals surface area contributed by atoms with Crippen LogP contribution >= 0.6 is 0 Å². The maximum atomic E-state index is 13.0. The van der Waals surface area contributed by atoms with E-state index in [1.807, 2.05) is 12.1 Å². The van der Waals surface area contributed by atoms with Gasteiger partial charge in [0.25, 0.3) is 5.91 Å². The number of aryl methyl sites for hydroxylation is 1. The predicted octanol–water partition coefficient (Wildman–Crippen LogP) is 2.28. The van der Waals surface area contributed by atoms with Crippen molar-refractivity contribution in [1.82, 2.24) is 0 Å². The summed E-state index contributed by atoms with van der Waals surface area (Å²) in [4.78, 5) is 25.5. The van der Waals surface area contributed by atoms with Crippen molar-refractivity contribution in [2.24, 2.45) is 5.92 Å². The van der Waals surface area contributed by atoms with E-state index >= 15 is 0 Å². The van der Waals surface area contributed by atoms with Crippen LogP contribution in [0.4, 0.5) is 5.69 Å². The number of rotatable bonds is 2. The molecule has 0 fully saturated rings. The number of anilines is 1. The molecule has 1 heterocycles. The number of carbonyl (C=O) groups is 2. The van der Waals surface area contributed by atoms with Gasteiger partial charge in [-0.05, 0) is 36.6 Å². The fourth-order valence-electron chi connectivity index (χ4n) is 3.76. The number of aliphatic hydroxyl groups is 1. The van der Waals surface area contributed by atoms with E-state index in [0.717, 1.165) is 5.56 Å². The van der Waals surface area contributed by atoms with Crippen molar-refractivity contribution in [2.45, 2.75) is 18.4 Å². The lowest BCUT2D eigenvalue weighted by atomic mass is 9.71. The van der Waals surface area contributed by atoms with Crippen molar-refractivity contribution >= 4 is 17.4 Å². The highest BCUT2D eigenvalue weighted by Gasteiger charge is 2.54. The first kappa shape index (κ1) is 14.9. The highest BCUT2D eigenvalue weighted by molar-refractivity contribution is 6.11. The van der Waals surface area contributed by atoms with Crippen LogP contribution in [-0.2, 0) is 16.8 Å². The molecule has 2 N–H and O–H groups in total. The van der Waals surface area contributed by atoms with Gasteiger partial charge in [-0.2, -0.15) is 0 Å². The number of hydrogen-bond donors (Lipinski definition) is 2. The molecule has 2 aromatic carbocycles. The molecule has 1 aliphatic carbocycles. The Morgan fingerprint density at radius 3 is 2.79 bits per heavy atom. The minimum absolute atomic E-state index is 0.218. The normalized spacial score (nSPS) is 25.0. The molecule has 122 valence electrons. The van der Waals surface area contributed by atoms with Crippen LogP contribution < -0.4 is 10.1 Å². The zero-order valence-electron chi connectivity index (χ0n) is 13.2. The number of carbonyl (C=O) groups excluding carboxylic acids is 2. The first-order valence-corrected chi connectivity index (χ1v) is 7.90. The molecule has 4 rings (SSSR count). The van der Waals surface area contributed by atoms with Gasteiger partial charge in [0, 0.05) is 16.8 Å². The number of methoxy groups -OCH3 is 1. The highest BCUT2D eigenvalue weighted by atomic mass is 16.5. The standard InChI is InChI=1S/C19H17NO4/c1-24-12-8-6-11-7-9-15(17(21)13(11)10-12)19(23)14-4-2-3-5-16(14)20-18(19)22/h2-6,8,10,15,23H,7,9H2,1H3,(H,20,22)/t15-,19+/m0/s1. The third kappa shape index (κ3) is 1.91. The minimum Gasteiger partial charge on any atom is -0.497 e. The number of Topliss-reactive ketones (excluding diaryl/α,β-unsaturated/α-hetero) is 1. The SMILES string of the molecule is COc1ccc2c(c1)C(=O)[C@@H]([C@@]1(O)C(=O)Nc3ccccc31)CC2. The number of hydrogen-bond acceptors (Lipinski definition) is 4. The molecule has 2 aliphatic rings. The van der Waals surface area contributed by atoms with Gasteiger partial charge in [-0.3, -0.25) is 9.59 Å². The molecule has 0 radical (unpaired) electrons. The van der Waals surface area contributed by atoms with Gasteiger partial charge in [0.15, 0.2) is 11.4 Å². The summed E-state index contributed by atoms with van der Waals surface area (Å²) in [5.74, 6) is -0.968. The second-order valence-electron chi connectivity index (χ2n) is 6.24. The molecule has 0 bridgehead atoms. The van der Waals surface area contributed by atoms with Gasteiger partial charge in [-0.15, -0.1) is 0 Å². The third-order valence-electron chi connectivity index (χ3n) is 5.04. The zero-order valence-corrected chi connectivity index (χ0v) is 13.2. The van der Waals surface area contributed by atoms with Crippen LogP contribution in [-0.4, -0.2) is 23.9 Å². The number of fused-ring (bicyclic) bond motifs is 2. The van der Waals surface area contributed by atoms with Crippen molar-refractivity contribution < 1.29 is 19.4 Å². The van der Waals surface area contributed by atoms with Gasteiger partial charge in [-0.25, -0.2) is 0 Å². The van der Waals surface area contributed by atoms with Gasteiger partial charge < -0.3 is 15.2 Å². The summed E-state index contributed by atoms with van der Waals surface area (Å²) in [5, 5.41) is 13.9. The number of ketones is 1. The predicted molar refractivity (Wildman–Crippen MR) is 88.1 cm³/mol. The maximum absolute atomic E-state index is 13.0. The fraction of sp³-hybridized carbons (Fsp3) is 0.263. The van der Waals surface area contributed by atoms with Gasteiger partial charge in [0.2, 0.25) is 0 Å². The Labute approximate surface area is 139 Å². The van der Waals surface area contributed by atoms with Gasteiger partial charge in [0.05, 0.1) is 13.0 Å². The molecule has 0 saturated carbocycles. The summed E-state index contributed by atoms with van der Waals surface area (Å²) in [6.45, 7) is 0. The summed E-state index contributed by atoms with van der Waals surface area (Å²) >= 11 is 0. The van der Waals surface area contributed by atoms with Crippen molar-refractivity contribution in [2.75, 3.05) is 12.4 Å². The average molecular weight is 323 g/mol. The van der Waals surface area contributed by atoms with E-state index in [-0.39, 0.29) is 5.78 Å². The van der Waals surface area contributed by atoms with Crippen LogP contribution in [0.2, 0.25) is 0 Å². The maximum Gasteiger partial charge on any atom is 0.261 e. The van der Waals surface area contributed by atoms with Crippen molar-refractivity contribution in [3.63, 3.8) is 0 Å². The summed E-state index contributed by atoms with van der Waals surface area (Å²) in [6.07, 6.45) is 1.06. The molecule has 2 aromatic rings. The lowest BCUT2D eigenvalue weighted by molar-refractivity contribution is -0.138. The topological polar surface area (TPSA) is 75.6 Å². The van der Waals surface area contributed by atoms with Crippen LogP contribution in [0.15, 0.2) is 42.5 Å². The summed E-state index contributed by atoms with van der Waals surface area (Å²) in [6, 6.07) is 12.3. The van der Waals surface area contributed by atoms with Crippen molar-refractivity contribution in [3.8, 4) is 5.75 Å². The van der Waals surface area contributed by atoms with Crippen LogP contribution in [0.25, 0.3) is 0 Å². The zero-order chi connectivity index (χ0) is 16.9. The Morgan fingerprint density at radius 2 is 2.00 bits per heavy atom. The van der Waals surface area contributed by atoms with E-state index in [4.69, 9.17) is 4.74 Å². The van der Waals surface area contributed by atoms with E-state index in [2.05, 4.69) is 5.32 Å². The quantitative estimate of drug-likeness (QED) is 0.889. The molecule has 0 unspecified atom stereocenters. The molecule has 0 aromatic heterocycles. The second-order valence-corrected chi connectivity index (χ2v) is 6.24. The number of amides is 1. The van der Waals surface area contributed by atoms with Crippen LogP contribution in [0.3, 0.4) is 0 Å². The Kier molecular flexibility index (Phi) is 3.21. The van der Waals surface area contributed by atoms with Crippen LogP contribution in [0, 0.1) is 5.92 Å². The molecular weight excluding hydrogens is 306 g/mol. The first-order valence-electron chi connectivity index (χ1n) is 7.90. The fourth-order valence-corrected chi connectivity index (χ4v) is 3.76. The lowest BCUT2D eigenvalue weighted by Crippen LogP contribution is -2.47. The number of ether oxygens (including phenoxy) is 1. The van der Waals surface area contributed by atoms with Gasteiger partial charge in [0.1, 0.15) is 5.75 Å². The van der Waals surface area contributed by atoms with Crippen LogP contribution in [0.1, 0.15) is 27.9 Å². The summed E-state index contributed by atoms with van der Waals surface area (Å²) < 4.78 is 5.20. The number of nitrogens with one attached hydrogen (secondary N) is 1. The molecular formula is C19H17NO4. The smallest absolute Gasteiger partial charge is 0.261 e. The second kappa shape index (κ2) is 5.18. The van der Waals surface area contributed by atoms with Crippen molar-refractivity contribution in [1.29, 1.82) is 0 Å². The first-order chi connectivity index (χ1) is 11.6. The van der Waals surface area contributed by atoms with Crippen LogP contribution in [0.5, 0.6) is 5.75 Å². The Hall–Kier alpha value is -2.66. The number of benzene rings is 2. The van der Waals surface area contributed by atoms with Gasteiger partial charge >= 0.3 is 0 Å². The molecule has 5 heteroatoms. The Balaban J connectivity index is 1.80. The molecule has 1 aliphatic heterocycles. The molecule has 5 nitrogen and oxygen atoms in total. The largest absolute Gasteiger partial charge is 0.497 e. The average Bonchev–Trinajstić information content (AvgIpc) is 2.87. The lowest BCUT2D eigenvalue weighted by Gasteiger charge is -2.33. The van der Waals surface area contributed by atoms with Gasteiger partial charge in [-0.1, -0.05) is 24.3 Å². The Morgan fingerprint density at radius 1 is 1.21 bits per heavy atom. The minimum atomic E-state index is -1.82. The third-order valence-corrected chi connectivity index (χ3v) is 5.04. The number of para-hydroxylation sites is 1. The van der Waals surface area contributed by atoms with E-state index in [1.165, 1.54) is 0 Å². The monoisotopic (exact) mass is 323 g/mol. The molecule has 1 amide bonds. The molecule has 2 atom stereocenters. The Bertz CT molecular complexity index is 860.